The first-order valence-corrected chi connectivity index (χ1v) is 6.46. The fraction of sp³-hybridized carbons (Fsp3) is 0.364. The molecule has 112 valence electrons. The van der Waals surface area contributed by atoms with Crippen LogP contribution < -0.4 is 0 Å². The molecule has 0 atom stereocenters. The molecule has 2 rings (SSSR count). The van der Waals surface area contributed by atoms with Gasteiger partial charge in [0.2, 0.25) is 5.69 Å². The molecule has 0 aliphatic carbocycles. The smallest absolute Gasteiger partial charge is 0.319 e. The van der Waals surface area contributed by atoms with Crippen LogP contribution in [0.3, 0.4) is 0 Å². The van der Waals surface area contributed by atoms with Crippen LogP contribution in [0.5, 0.6) is 0 Å². The highest BCUT2D eigenvalue weighted by Gasteiger charge is 2.26. The Bertz CT molecular complexity index is 679. The molecule has 2 aromatic heterocycles. The molecule has 0 fully saturated rings. The Balaban J connectivity index is 2.17. The van der Waals surface area contributed by atoms with Crippen LogP contribution in [0.2, 0.25) is 5.02 Å². The van der Waals surface area contributed by atoms with Gasteiger partial charge in [0.05, 0.1) is 16.5 Å². The van der Waals surface area contributed by atoms with E-state index in [9.17, 15) is 14.9 Å². The Morgan fingerprint density at radius 3 is 2.90 bits per heavy atom. The van der Waals surface area contributed by atoms with Crippen molar-refractivity contribution in [2.24, 2.45) is 0 Å². The first-order chi connectivity index (χ1) is 9.93. The van der Waals surface area contributed by atoms with Crippen LogP contribution in [0.1, 0.15) is 23.1 Å². The zero-order valence-electron chi connectivity index (χ0n) is 11.4. The highest BCUT2D eigenvalue weighted by molar-refractivity contribution is 6.31. The minimum Gasteiger partial charge on any atom is -0.334 e. The summed E-state index contributed by atoms with van der Waals surface area (Å²) in [6.45, 7) is 2.71. The molecule has 2 aromatic rings. The summed E-state index contributed by atoms with van der Waals surface area (Å²) in [5.41, 5.74) is -0.0119. The number of hydrogen-bond acceptors (Lipinski definition) is 5. The van der Waals surface area contributed by atoms with Gasteiger partial charge in [-0.25, -0.2) is 0 Å². The van der Waals surface area contributed by atoms with Gasteiger partial charge in [0, 0.05) is 19.8 Å². The van der Waals surface area contributed by atoms with Crippen molar-refractivity contribution >= 4 is 23.2 Å². The van der Waals surface area contributed by atoms with Crippen LogP contribution in [-0.4, -0.2) is 42.8 Å². The number of aromatic amines is 1. The zero-order valence-corrected chi connectivity index (χ0v) is 12.2. The van der Waals surface area contributed by atoms with Crippen molar-refractivity contribution in [3.05, 3.63) is 38.9 Å². The number of nitrogens with zero attached hydrogens (tertiary/aromatic N) is 5. The minimum absolute atomic E-state index is 0.140. The molecule has 0 aromatic carbocycles. The molecule has 0 bridgehead atoms. The van der Waals surface area contributed by atoms with E-state index in [0.29, 0.717) is 17.3 Å². The molecule has 1 N–H and O–H groups in total. The van der Waals surface area contributed by atoms with Gasteiger partial charge >= 0.3 is 5.69 Å². The summed E-state index contributed by atoms with van der Waals surface area (Å²) in [6.07, 6.45) is 2.66. The van der Waals surface area contributed by atoms with Crippen LogP contribution in [0.4, 0.5) is 5.69 Å². The molecule has 0 radical (unpaired) electrons. The Morgan fingerprint density at radius 1 is 1.62 bits per heavy atom. The Kier molecular flexibility index (Phi) is 4.22. The van der Waals surface area contributed by atoms with E-state index in [1.54, 1.807) is 10.9 Å². The molecule has 10 heteroatoms. The molecule has 0 aliphatic heterocycles. The van der Waals surface area contributed by atoms with Gasteiger partial charge in [-0.05, 0) is 6.92 Å². The summed E-state index contributed by atoms with van der Waals surface area (Å²) in [5.74, 6) is -0.554. The molecule has 0 saturated heterocycles. The van der Waals surface area contributed by atoms with Gasteiger partial charge in [0.1, 0.15) is 11.9 Å². The number of carbonyl (C=O) groups excluding carboxylic acids is 1. The van der Waals surface area contributed by atoms with E-state index in [1.165, 1.54) is 11.9 Å². The van der Waals surface area contributed by atoms with Gasteiger partial charge < -0.3 is 4.90 Å². The lowest BCUT2D eigenvalue weighted by molar-refractivity contribution is -0.385. The third-order valence-electron chi connectivity index (χ3n) is 2.87. The van der Waals surface area contributed by atoms with Crippen LogP contribution in [-0.2, 0) is 13.1 Å². The summed E-state index contributed by atoms with van der Waals surface area (Å²) in [6, 6.07) is 0. The SMILES string of the molecule is CCn1cc(Cl)c(CN(C)C(=O)c2[nH]ncc2[N+](=O)[O-])n1. The molecule has 0 saturated carbocycles. The number of aromatic nitrogens is 4. The summed E-state index contributed by atoms with van der Waals surface area (Å²) >= 11 is 6.03. The maximum absolute atomic E-state index is 12.2. The average molecular weight is 313 g/mol. The summed E-state index contributed by atoms with van der Waals surface area (Å²) in [7, 11) is 1.51. The van der Waals surface area contributed by atoms with Gasteiger partial charge in [0.15, 0.2) is 0 Å². The van der Waals surface area contributed by atoms with E-state index in [-0.39, 0.29) is 17.9 Å². The van der Waals surface area contributed by atoms with E-state index >= 15 is 0 Å². The van der Waals surface area contributed by atoms with Crippen molar-refractivity contribution in [1.82, 2.24) is 24.9 Å². The van der Waals surface area contributed by atoms with E-state index < -0.39 is 10.8 Å². The monoisotopic (exact) mass is 312 g/mol. The normalized spacial score (nSPS) is 10.6. The van der Waals surface area contributed by atoms with Crippen molar-refractivity contribution in [2.75, 3.05) is 7.05 Å². The predicted molar refractivity (Wildman–Crippen MR) is 74.0 cm³/mol. The van der Waals surface area contributed by atoms with Crippen molar-refractivity contribution in [2.45, 2.75) is 20.0 Å². The van der Waals surface area contributed by atoms with Gasteiger partial charge in [-0.1, -0.05) is 11.6 Å². The molecular weight excluding hydrogens is 300 g/mol. The topological polar surface area (TPSA) is 110 Å². The van der Waals surface area contributed by atoms with E-state index in [0.717, 1.165) is 6.20 Å². The molecule has 0 spiro atoms. The quantitative estimate of drug-likeness (QED) is 0.664. The lowest BCUT2D eigenvalue weighted by Gasteiger charge is -2.14. The lowest BCUT2D eigenvalue weighted by Crippen LogP contribution is -2.27. The van der Waals surface area contributed by atoms with Gasteiger partial charge in [0.25, 0.3) is 5.91 Å². The van der Waals surface area contributed by atoms with Crippen molar-refractivity contribution in [3.8, 4) is 0 Å². The van der Waals surface area contributed by atoms with Gasteiger partial charge in [-0.15, -0.1) is 0 Å². The van der Waals surface area contributed by atoms with Crippen LogP contribution in [0.25, 0.3) is 0 Å². The summed E-state index contributed by atoms with van der Waals surface area (Å²) < 4.78 is 1.65. The largest absolute Gasteiger partial charge is 0.334 e. The zero-order chi connectivity index (χ0) is 15.6. The van der Waals surface area contributed by atoms with Gasteiger partial charge in [-0.3, -0.25) is 24.7 Å². The highest BCUT2D eigenvalue weighted by Crippen LogP contribution is 2.19. The Labute approximate surface area is 124 Å². The standard InChI is InChI=1S/C11H13ClN6O3/c1-3-17-5-7(12)8(15-17)6-16(2)11(19)10-9(18(20)21)4-13-14-10/h4-5H,3,6H2,1-2H3,(H,13,14). The Morgan fingerprint density at radius 2 is 2.33 bits per heavy atom. The molecule has 1 amide bonds. The maximum Gasteiger partial charge on any atom is 0.319 e. The number of rotatable bonds is 5. The number of nitro groups is 1. The fourth-order valence-electron chi connectivity index (χ4n) is 1.77. The number of H-pyrrole nitrogens is 1. The van der Waals surface area contributed by atoms with Crippen molar-refractivity contribution in [3.63, 3.8) is 0 Å². The van der Waals surface area contributed by atoms with Crippen LogP contribution in [0, 0.1) is 10.1 Å². The second-order valence-corrected chi connectivity index (χ2v) is 4.74. The maximum atomic E-state index is 12.2. The second kappa shape index (κ2) is 5.92. The van der Waals surface area contributed by atoms with E-state index in [2.05, 4.69) is 15.3 Å². The van der Waals surface area contributed by atoms with Gasteiger partial charge in [-0.2, -0.15) is 10.2 Å². The fourth-order valence-corrected chi connectivity index (χ4v) is 1.98. The van der Waals surface area contributed by atoms with Crippen LogP contribution >= 0.6 is 11.6 Å². The predicted octanol–water partition coefficient (Wildman–Crippen LogP) is 1.46. The van der Waals surface area contributed by atoms with Crippen molar-refractivity contribution in [1.29, 1.82) is 0 Å². The number of amides is 1. The number of hydrogen-bond donors (Lipinski definition) is 1. The van der Waals surface area contributed by atoms with Crippen LogP contribution in [0.15, 0.2) is 12.4 Å². The van der Waals surface area contributed by atoms with Crippen molar-refractivity contribution < 1.29 is 9.72 Å². The summed E-state index contributed by atoms with van der Waals surface area (Å²) in [4.78, 5) is 23.6. The minimum atomic E-state index is -0.663. The second-order valence-electron chi connectivity index (χ2n) is 4.33. The molecule has 21 heavy (non-hydrogen) atoms. The molecule has 0 unspecified atom stereocenters. The molecule has 2 heterocycles. The molecule has 0 aliphatic rings. The third-order valence-corrected chi connectivity index (χ3v) is 3.19. The number of aryl methyl sites for hydroxylation is 1. The summed E-state index contributed by atoms with van der Waals surface area (Å²) in [5, 5.41) is 21.3. The highest BCUT2D eigenvalue weighted by atomic mass is 35.5. The number of nitrogens with one attached hydrogen (secondary N) is 1. The van der Waals surface area contributed by atoms with E-state index in [4.69, 9.17) is 11.6 Å². The Hall–Kier alpha value is -2.42. The lowest BCUT2D eigenvalue weighted by atomic mass is 10.3. The molecule has 9 nitrogen and oxygen atoms in total. The van der Waals surface area contributed by atoms with E-state index in [1.807, 2.05) is 6.92 Å². The first-order valence-electron chi connectivity index (χ1n) is 6.09. The number of carbonyl (C=O) groups is 1. The third kappa shape index (κ3) is 3.02. The number of halogens is 1. The first kappa shape index (κ1) is 15.0. The average Bonchev–Trinajstić information content (AvgIpc) is 3.05. The molecular formula is C11H13ClN6O3.